The number of carbonyl (C=O) groups is 1. The van der Waals surface area contributed by atoms with E-state index >= 15 is 0 Å². The van der Waals surface area contributed by atoms with Crippen LogP contribution in [0.1, 0.15) is 27.9 Å². The second-order valence-corrected chi connectivity index (χ2v) is 5.71. The Labute approximate surface area is 134 Å². The number of aromatic nitrogens is 3. The number of hydrogen-bond donors (Lipinski definition) is 0. The van der Waals surface area contributed by atoms with Crippen LogP contribution < -0.4 is 0 Å². The van der Waals surface area contributed by atoms with Crippen LogP contribution in [0.4, 0.5) is 0 Å². The Morgan fingerprint density at radius 3 is 2.52 bits per heavy atom. The summed E-state index contributed by atoms with van der Waals surface area (Å²) in [5.41, 5.74) is 5.99. The molecule has 0 N–H and O–H groups in total. The molecule has 1 aliphatic carbocycles. The van der Waals surface area contributed by atoms with Crippen molar-refractivity contribution in [2.45, 2.75) is 6.42 Å². The molecule has 0 unspecified atom stereocenters. The molecule has 1 aromatic carbocycles. The SMILES string of the molecule is Cn1cc(-c2ccc(C3=Cc4ccncc4C(=O)C3)cc2)cn1. The van der Waals surface area contributed by atoms with Gasteiger partial charge >= 0.3 is 0 Å². The highest BCUT2D eigenvalue weighted by Gasteiger charge is 2.19. The molecule has 0 atom stereocenters. The van der Waals surface area contributed by atoms with Crippen LogP contribution in [0.5, 0.6) is 0 Å². The fourth-order valence-corrected chi connectivity index (χ4v) is 2.90. The van der Waals surface area contributed by atoms with Crippen molar-refractivity contribution in [3.63, 3.8) is 0 Å². The Hall–Kier alpha value is -3.01. The fourth-order valence-electron chi connectivity index (χ4n) is 2.90. The standard InChI is InChI=1S/C19H15N3O/c1-22-12-17(10-21-22)14-4-2-13(3-5-14)16-8-15-6-7-20-11-18(15)19(23)9-16/h2-8,10-12H,9H2,1H3. The molecule has 1 aliphatic rings. The average Bonchev–Trinajstić information content (AvgIpc) is 3.01. The second-order valence-electron chi connectivity index (χ2n) is 5.71. The summed E-state index contributed by atoms with van der Waals surface area (Å²) in [6.45, 7) is 0. The summed E-state index contributed by atoms with van der Waals surface area (Å²) in [6.07, 6.45) is 9.71. The molecule has 23 heavy (non-hydrogen) atoms. The van der Waals surface area contributed by atoms with Crippen LogP contribution in [0, 0.1) is 0 Å². The molecule has 0 bridgehead atoms. The van der Waals surface area contributed by atoms with E-state index in [2.05, 4.69) is 40.4 Å². The van der Waals surface area contributed by atoms with E-state index in [9.17, 15) is 4.79 Å². The van der Waals surface area contributed by atoms with Gasteiger partial charge in [0.25, 0.3) is 0 Å². The van der Waals surface area contributed by atoms with Crippen molar-refractivity contribution >= 4 is 17.4 Å². The lowest BCUT2D eigenvalue weighted by atomic mass is 9.88. The van der Waals surface area contributed by atoms with Gasteiger partial charge in [-0.05, 0) is 34.4 Å². The third-order valence-corrected chi connectivity index (χ3v) is 4.13. The molecule has 4 nitrogen and oxygen atoms in total. The van der Waals surface area contributed by atoms with Gasteiger partial charge in [-0.15, -0.1) is 0 Å². The van der Waals surface area contributed by atoms with Crippen molar-refractivity contribution < 1.29 is 4.79 Å². The summed E-state index contributed by atoms with van der Waals surface area (Å²) in [5.74, 6) is 0.127. The minimum atomic E-state index is 0.127. The van der Waals surface area contributed by atoms with Crippen LogP contribution >= 0.6 is 0 Å². The molecule has 0 aliphatic heterocycles. The normalized spacial score (nSPS) is 13.6. The third-order valence-electron chi connectivity index (χ3n) is 4.13. The summed E-state index contributed by atoms with van der Waals surface area (Å²) in [4.78, 5) is 16.3. The third kappa shape index (κ3) is 2.48. The monoisotopic (exact) mass is 301 g/mol. The summed E-state index contributed by atoms with van der Waals surface area (Å²) < 4.78 is 1.79. The molecule has 0 spiro atoms. The molecule has 4 heteroatoms. The fraction of sp³-hybridized carbons (Fsp3) is 0.105. The Balaban J connectivity index is 1.69. The number of fused-ring (bicyclic) bond motifs is 1. The van der Waals surface area contributed by atoms with Crippen LogP contribution in [-0.4, -0.2) is 20.5 Å². The second kappa shape index (κ2) is 5.32. The first kappa shape index (κ1) is 13.6. The molecule has 112 valence electrons. The van der Waals surface area contributed by atoms with Crippen molar-refractivity contribution in [3.05, 3.63) is 71.8 Å². The van der Waals surface area contributed by atoms with E-state index in [-0.39, 0.29) is 5.78 Å². The maximum absolute atomic E-state index is 12.3. The van der Waals surface area contributed by atoms with E-state index in [0.717, 1.165) is 27.8 Å². The first-order chi connectivity index (χ1) is 11.2. The molecule has 0 saturated heterocycles. The molecular weight excluding hydrogens is 286 g/mol. The summed E-state index contributed by atoms with van der Waals surface area (Å²) in [7, 11) is 1.91. The first-order valence-electron chi connectivity index (χ1n) is 7.48. The lowest BCUT2D eigenvalue weighted by molar-refractivity contribution is 0.0997. The van der Waals surface area contributed by atoms with Gasteiger partial charge in [0.15, 0.2) is 5.78 Å². The van der Waals surface area contributed by atoms with Crippen LogP contribution in [0.3, 0.4) is 0 Å². The summed E-state index contributed by atoms with van der Waals surface area (Å²) >= 11 is 0. The van der Waals surface area contributed by atoms with Crippen molar-refractivity contribution in [3.8, 4) is 11.1 Å². The van der Waals surface area contributed by atoms with Gasteiger partial charge in [0.1, 0.15) is 0 Å². The highest BCUT2D eigenvalue weighted by molar-refractivity contribution is 6.11. The van der Waals surface area contributed by atoms with Crippen LogP contribution in [0.2, 0.25) is 0 Å². The quantitative estimate of drug-likeness (QED) is 0.726. The number of ketones is 1. The minimum absolute atomic E-state index is 0.127. The Morgan fingerprint density at radius 1 is 1.00 bits per heavy atom. The smallest absolute Gasteiger partial charge is 0.169 e. The molecule has 0 fully saturated rings. The van der Waals surface area contributed by atoms with Crippen LogP contribution in [0.25, 0.3) is 22.8 Å². The van der Waals surface area contributed by atoms with E-state index in [1.165, 1.54) is 0 Å². The molecule has 0 saturated carbocycles. The molecule has 2 aromatic heterocycles. The number of nitrogens with zero attached hydrogens (tertiary/aromatic N) is 3. The molecule has 3 aromatic rings. The lowest BCUT2D eigenvalue weighted by Gasteiger charge is -2.15. The number of aryl methyl sites for hydroxylation is 1. The van der Waals surface area contributed by atoms with Crippen molar-refractivity contribution in [2.75, 3.05) is 0 Å². The van der Waals surface area contributed by atoms with Crippen LogP contribution in [0.15, 0.2) is 55.1 Å². The Morgan fingerprint density at radius 2 is 1.78 bits per heavy atom. The number of hydrogen-bond acceptors (Lipinski definition) is 3. The van der Waals surface area contributed by atoms with Crippen molar-refractivity contribution in [1.82, 2.24) is 14.8 Å². The molecule has 2 heterocycles. The highest BCUT2D eigenvalue weighted by Crippen LogP contribution is 2.31. The molecule has 0 radical (unpaired) electrons. The molecule has 4 rings (SSSR count). The number of pyridine rings is 1. The number of Topliss-reactive ketones (excluding diaryl/α,β-unsaturated/α-hetero) is 1. The minimum Gasteiger partial charge on any atom is -0.294 e. The van der Waals surface area contributed by atoms with Crippen LogP contribution in [-0.2, 0) is 7.05 Å². The maximum atomic E-state index is 12.3. The van der Waals surface area contributed by atoms with E-state index < -0.39 is 0 Å². The van der Waals surface area contributed by atoms with Gasteiger partial charge < -0.3 is 0 Å². The van der Waals surface area contributed by atoms with E-state index in [0.29, 0.717) is 12.0 Å². The van der Waals surface area contributed by atoms with Gasteiger partial charge in [-0.3, -0.25) is 14.5 Å². The van der Waals surface area contributed by atoms with Gasteiger partial charge in [0, 0.05) is 43.2 Å². The lowest BCUT2D eigenvalue weighted by Crippen LogP contribution is -2.08. The van der Waals surface area contributed by atoms with Gasteiger partial charge in [0.2, 0.25) is 0 Å². The Bertz CT molecular complexity index is 920. The van der Waals surface area contributed by atoms with Crippen molar-refractivity contribution in [2.24, 2.45) is 7.05 Å². The number of allylic oxidation sites excluding steroid dienone is 1. The zero-order valence-electron chi connectivity index (χ0n) is 12.7. The highest BCUT2D eigenvalue weighted by atomic mass is 16.1. The number of benzene rings is 1. The topological polar surface area (TPSA) is 47.8 Å². The Kier molecular flexibility index (Phi) is 3.15. The van der Waals surface area contributed by atoms with E-state index in [1.807, 2.05) is 25.5 Å². The molecular formula is C19H15N3O. The van der Waals surface area contributed by atoms with E-state index in [4.69, 9.17) is 0 Å². The first-order valence-corrected chi connectivity index (χ1v) is 7.48. The number of carbonyl (C=O) groups excluding carboxylic acids is 1. The predicted octanol–water partition coefficient (Wildman–Crippen LogP) is 3.61. The average molecular weight is 301 g/mol. The molecule has 0 amide bonds. The zero-order valence-corrected chi connectivity index (χ0v) is 12.7. The van der Waals surface area contributed by atoms with Gasteiger partial charge in [0.05, 0.1) is 6.20 Å². The largest absolute Gasteiger partial charge is 0.294 e. The van der Waals surface area contributed by atoms with E-state index in [1.54, 1.807) is 17.1 Å². The summed E-state index contributed by atoms with van der Waals surface area (Å²) in [6, 6.07) is 10.1. The van der Waals surface area contributed by atoms with Gasteiger partial charge in [-0.25, -0.2) is 0 Å². The van der Waals surface area contributed by atoms with Gasteiger partial charge in [-0.1, -0.05) is 24.3 Å². The summed E-state index contributed by atoms with van der Waals surface area (Å²) in [5, 5.41) is 4.19. The van der Waals surface area contributed by atoms with Gasteiger partial charge in [-0.2, -0.15) is 5.10 Å². The maximum Gasteiger partial charge on any atom is 0.169 e. The van der Waals surface area contributed by atoms with Crippen molar-refractivity contribution in [1.29, 1.82) is 0 Å². The number of rotatable bonds is 2. The predicted molar refractivity (Wildman–Crippen MR) is 89.7 cm³/mol. The zero-order chi connectivity index (χ0) is 15.8.